The van der Waals surface area contributed by atoms with Crippen LogP contribution in [0, 0.1) is 6.92 Å². The molecule has 0 aliphatic rings. The Kier molecular flexibility index (Phi) is 4.81. The van der Waals surface area contributed by atoms with Gasteiger partial charge in [-0.25, -0.2) is 0 Å². The van der Waals surface area contributed by atoms with Crippen molar-refractivity contribution < 1.29 is 4.79 Å². The van der Waals surface area contributed by atoms with Crippen LogP contribution in [0.4, 0.5) is 0 Å². The van der Waals surface area contributed by atoms with Gasteiger partial charge in [-0.2, -0.15) is 5.10 Å². The molecule has 20 heavy (non-hydrogen) atoms. The van der Waals surface area contributed by atoms with Gasteiger partial charge in [0.1, 0.15) is 0 Å². The topological polar surface area (TPSA) is 34.9 Å². The lowest BCUT2D eigenvalue weighted by molar-refractivity contribution is 0.0990. The molecule has 0 spiro atoms. The summed E-state index contributed by atoms with van der Waals surface area (Å²) in [6.07, 6.45) is 1.19. The van der Waals surface area contributed by atoms with Crippen LogP contribution in [0.1, 0.15) is 34.2 Å². The van der Waals surface area contributed by atoms with E-state index in [9.17, 15) is 4.79 Å². The van der Waals surface area contributed by atoms with E-state index in [1.165, 1.54) is 0 Å². The van der Waals surface area contributed by atoms with Gasteiger partial charge < -0.3 is 0 Å². The fourth-order valence-electron chi connectivity index (χ4n) is 2.15. The Bertz CT molecular complexity index is 662. The molecule has 0 bridgehead atoms. The molecule has 0 amide bonds. The first kappa shape index (κ1) is 15.4. The minimum Gasteiger partial charge on any atom is -0.294 e. The lowest BCUT2D eigenvalue weighted by Crippen LogP contribution is -2.09. The number of rotatable bonds is 4. The molecule has 2 rings (SSSR count). The number of carbonyl (C=O) groups excluding carboxylic acids is 1. The van der Waals surface area contributed by atoms with Gasteiger partial charge in [-0.1, -0.05) is 28.9 Å². The SMILES string of the molecule is CCc1nn(C)c(CC(=O)c2cc(Br)ccc2C)c1Br. The van der Waals surface area contributed by atoms with Gasteiger partial charge in [0.25, 0.3) is 0 Å². The van der Waals surface area contributed by atoms with Crippen molar-refractivity contribution in [3.05, 3.63) is 49.7 Å². The van der Waals surface area contributed by atoms with E-state index in [-0.39, 0.29) is 5.78 Å². The third-order valence-electron chi connectivity index (χ3n) is 3.33. The molecule has 1 heterocycles. The number of hydrogen-bond acceptors (Lipinski definition) is 2. The molecule has 0 N–H and O–H groups in total. The quantitative estimate of drug-likeness (QED) is 0.720. The van der Waals surface area contributed by atoms with Crippen molar-refractivity contribution in [3.63, 3.8) is 0 Å². The molecule has 106 valence electrons. The smallest absolute Gasteiger partial charge is 0.169 e. The Balaban J connectivity index is 2.33. The zero-order valence-electron chi connectivity index (χ0n) is 11.7. The summed E-state index contributed by atoms with van der Waals surface area (Å²) in [4.78, 5) is 12.5. The van der Waals surface area contributed by atoms with Crippen molar-refractivity contribution in [3.8, 4) is 0 Å². The highest BCUT2D eigenvalue weighted by atomic mass is 79.9. The van der Waals surface area contributed by atoms with Crippen LogP contribution in [0.3, 0.4) is 0 Å². The lowest BCUT2D eigenvalue weighted by Gasteiger charge is -2.06. The average Bonchev–Trinajstić information content (AvgIpc) is 2.68. The molecule has 2 aromatic rings. The summed E-state index contributed by atoms with van der Waals surface area (Å²) in [5.74, 6) is 0.107. The first-order valence-corrected chi connectivity index (χ1v) is 8.02. The van der Waals surface area contributed by atoms with E-state index in [2.05, 4.69) is 43.9 Å². The maximum atomic E-state index is 12.5. The fraction of sp³-hybridized carbons (Fsp3) is 0.333. The van der Waals surface area contributed by atoms with Gasteiger partial charge in [-0.3, -0.25) is 9.48 Å². The first-order valence-electron chi connectivity index (χ1n) is 6.43. The summed E-state index contributed by atoms with van der Waals surface area (Å²) in [5.41, 5.74) is 3.66. The van der Waals surface area contributed by atoms with Gasteiger partial charge in [0.2, 0.25) is 0 Å². The van der Waals surface area contributed by atoms with Crippen molar-refractivity contribution in [2.24, 2.45) is 7.05 Å². The van der Waals surface area contributed by atoms with Gasteiger partial charge in [0, 0.05) is 17.1 Å². The van der Waals surface area contributed by atoms with Crippen LogP contribution in [-0.2, 0) is 19.9 Å². The van der Waals surface area contributed by atoms with Gasteiger partial charge in [-0.05, 0) is 47.0 Å². The molecule has 3 nitrogen and oxygen atoms in total. The molecule has 0 aliphatic heterocycles. The Morgan fingerprint density at radius 1 is 1.35 bits per heavy atom. The van der Waals surface area contributed by atoms with Crippen LogP contribution < -0.4 is 0 Å². The summed E-state index contributed by atoms with van der Waals surface area (Å²) >= 11 is 6.97. The molecule has 0 aliphatic carbocycles. The number of aromatic nitrogens is 2. The molecular weight excluding hydrogens is 384 g/mol. The molecular formula is C15H16Br2N2O. The van der Waals surface area contributed by atoms with Crippen molar-refractivity contribution in [2.75, 3.05) is 0 Å². The maximum Gasteiger partial charge on any atom is 0.169 e. The second-order valence-electron chi connectivity index (χ2n) is 4.74. The van der Waals surface area contributed by atoms with E-state index >= 15 is 0 Å². The zero-order valence-corrected chi connectivity index (χ0v) is 14.9. The molecule has 0 atom stereocenters. The number of ketones is 1. The molecule has 5 heteroatoms. The summed E-state index contributed by atoms with van der Waals surface area (Å²) < 4.78 is 3.65. The largest absolute Gasteiger partial charge is 0.294 e. The van der Waals surface area contributed by atoms with E-state index in [1.54, 1.807) is 4.68 Å². The number of hydrogen-bond donors (Lipinski definition) is 0. The van der Waals surface area contributed by atoms with Crippen LogP contribution in [0.25, 0.3) is 0 Å². The summed E-state index contributed by atoms with van der Waals surface area (Å²) in [6, 6.07) is 5.77. The van der Waals surface area contributed by atoms with Crippen LogP contribution in [-0.4, -0.2) is 15.6 Å². The van der Waals surface area contributed by atoms with Gasteiger partial charge in [-0.15, -0.1) is 0 Å². The van der Waals surface area contributed by atoms with E-state index in [0.717, 1.165) is 37.9 Å². The van der Waals surface area contributed by atoms with Crippen molar-refractivity contribution in [2.45, 2.75) is 26.7 Å². The maximum absolute atomic E-state index is 12.5. The molecule has 0 unspecified atom stereocenters. The predicted molar refractivity (Wildman–Crippen MR) is 87.2 cm³/mol. The van der Waals surface area contributed by atoms with E-state index in [0.29, 0.717) is 6.42 Å². The second-order valence-corrected chi connectivity index (χ2v) is 6.45. The van der Waals surface area contributed by atoms with E-state index in [4.69, 9.17) is 0 Å². The molecule has 0 saturated heterocycles. The van der Waals surface area contributed by atoms with Crippen LogP contribution >= 0.6 is 31.9 Å². The number of Topliss-reactive ketones (excluding diaryl/α,β-unsaturated/α-hetero) is 1. The minimum atomic E-state index is 0.107. The molecule has 1 aromatic carbocycles. The Labute approximate surface area is 135 Å². The number of halogens is 2. The van der Waals surface area contributed by atoms with Gasteiger partial charge in [0.15, 0.2) is 5.78 Å². The summed E-state index contributed by atoms with van der Waals surface area (Å²) in [6.45, 7) is 4.01. The number of carbonyl (C=O) groups is 1. The highest BCUT2D eigenvalue weighted by molar-refractivity contribution is 9.10. The number of benzene rings is 1. The molecule has 0 radical (unpaired) electrons. The first-order chi connectivity index (χ1) is 9.43. The van der Waals surface area contributed by atoms with Crippen molar-refractivity contribution in [1.29, 1.82) is 0 Å². The number of nitrogens with zero attached hydrogens (tertiary/aromatic N) is 2. The third-order valence-corrected chi connectivity index (χ3v) is 4.74. The summed E-state index contributed by atoms with van der Waals surface area (Å²) in [7, 11) is 1.88. The second kappa shape index (κ2) is 6.22. The number of aryl methyl sites for hydroxylation is 3. The fourth-order valence-corrected chi connectivity index (χ4v) is 3.27. The van der Waals surface area contributed by atoms with Gasteiger partial charge >= 0.3 is 0 Å². The van der Waals surface area contributed by atoms with Crippen LogP contribution in [0.5, 0.6) is 0 Å². The summed E-state index contributed by atoms with van der Waals surface area (Å²) in [5, 5.41) is 4.42. The molecule has 0 fully saturated rings. The van der Waals surface area contributed by atoms with Crippen molar-refractivity contribution in [1.82, 2.24) is 9.78 Å². The highest BCUT2D eigenvalue weighted by Crippen LogP contribution is 2.24. The van der Waals surface area contributed by atoms with Gasteiger partial charge in [0.05, 0.1) is 22.3 Å². The highest BCUT2D eigenvalue weighted by Gasteiger charge is 2.18. The predicted octanol–water partition coefficient (Wildman–Crippen LogP) is 4.24. The minimum absolute atomic E-state index is 0.107. The normalized spacial score (nSPS) is 10.8. The van der Waals surface area contributed by atoms with E-state index < -0.39 is 0 Å². The average molecular weight is 400 g/mol. The van der Waals surface area contributed by atoms with Crippen LogP contribution in [0.15, 0.2) is 27.1 Å². The molecule has 1 aromatic heterocycles. The van der Waals surface area contributed by atoms with E-state index in [1.807, 2.05) is 32.2 Å². The standard InChI is InChI=1S/C15H16Br2N2O/c1-4-12-15(17)13(19(3)18-12)8-14(20)11-7-10(16)6-5-9(11)2/h5-7H,4,8H2,1-3H3. The molecule has 0 saturated carbocycles. The third kappa shape index (κ3) is 3.04. The Morgan fingerprint density at radius 3 is 2.65 bits per heavy atom. The lowest BCUT2D eigenvalue weighted by atomic mass is 10.0. The van der Waals surface area contributed by atoms with Crippen LogP contribution in [0.2, 0.25) is 0 Å². The Hall–Kier alpha value is -0.940. The zero-order chi connectivity index (χ0) is 14.9. The Morgan fingerprint density at radius 2 is 2.05 bits per heavy atom. The monoisotopic (exact) mass is 398 g/mol. The van der Waals surface area contributed by atoms with Crippen molar-refractivity contribution >= 4 is 37.6 Å².